The lowest BCUT2D eigenvalue weighted by molar-refractivity contribution is 0.103. The minimum absolute atomic E-state index is 0.0344. The van der Waals surface area contributed by atoms with Crippen molar-refractivity contribution in [2.75, 3.05) is 20.1 Å². The fraction of sp³-hybridized carbons (Fsp3) is 0.346. The van der Waals surface area contributed by atoms with Gasteiger partial charge < -0.3 is 9.47 Å². The number of ketones is 1. The van der Waals surface area contributed by atoms with Gasteiger partial charge in [0.1, 0.15) is 0 Å². The molecule has 7 heteroatoms. The van der Waals surface area contributed by atoms with E-state index < -0.39 is 0 Å². The number of hydrogen-bond acceptors (Lipinski definition) is 4. The van der Waals surface area contributed by atoms with Crippen LogP contribution in [0.1, 0.15) is 57.3 Å². The van der Waals surface area contributed by atoms with E-state index in [-0.39, 0.29) is 27.0 Å². The second kappa shape index (κ2) is 10.5. The lowest BCUT2D eigenvalue weighted by atomic mass is 10.00. The lowest BCUT2D eigenvalue weighted by Crippen LogP contribution is -2.28. The number of aromatic nitrogens is 1. The predicted molar refractivity (Wildman–Crippen MR) is 134 cm³/mol. The first-order valence-corrected chi connectivity index (χ1v) is 11.6. The zero-order valence-electron chi connectivity index (χ0n) is 19.3. The number of piperidine rings is 1. The van der Waals surface area contributed by atoms with E-state index in [1.165, 1.54) is 38.1 Å². The van der Waals surface area contributed by atoms with Gasteiger partial charge in [-0.25, -0.2) is 0 Å². The summed E-state index contributed by atoms with van der Waals surface area (Å²) in [6.45, 7) is 6.83. The van der Waals surface area contributed by atoms with Crippen LogP contribution in [-0.4, -0.2) is 41.7 Å². The van der Waals surface area contributed by atoms with Gasteiger partial charge in [0.25, 0.3) is 0 Å². The molecule has 2 aromatic carbocycles. The molecule has 0 N–H and O–H groups in total. The normalized spacial score (nSPS) is 14.5. The maximum Gasteiger partial charge on any atom is 0.212 e. The van der Waals surface area contributed by atoms with E-state index in [0.29, 0.717) is 17.5 Å². The number of likely N-dealkylation sites (tertiary alicyclic amines) is 1. The molecule has 5 nitrogen and oxygen atoms in total. The predicted octanol–water partition coefficient (Wildman–Crippen LogP) is 6.06. The Bertz CT molecular complexity index is 1240. The Hall–Kier alpha value is -2.65. The number of benzene rings is 2. The van der Waals surface area contributed by atoms with E-state index in [1.54, 1.807) is 29.8 Å². The number of nitrogens with zero attached hydrogens (tertiary/aromatic N) is 3. The number of carbonyl (C=O) groups is 2. The summed E-state index contributed by atoms with van der Waals surface area (Å²) in [7, 11) is 3.94. The Labute approximate surface area is 204 Å². The van der Waals surface area contributed by atoms with E-state index in [2.05, 4.69) is 24.9 Å². The van der Waals surface area contributed by atoms with Crippen molar-refractivity contribution >= 4 is 46.2 Å². The van der Waals surface area contributed by atoms with Crippen molar-refractivity contribution in [1.29, 1.82) is 5.26 Å². The maximum atomic E-state index is 13.0. The van der Waals surface area contributed by atoms with E-state index in [9.17, 15) is 9.59 Å². The highest BCUT2D eigenvalue weighted by molar-refractivity contribution is 6.42. The third-order valence-corrected chi connectivity index (χ3v) is 6.93. The molecule has 1 aliphatic rings. The zero-order valence-corrected chi connectivity index (χ0v) is 20.8. The van der Waals surface area contributed by atoms with Crippen molar-refractivity contribution < 1.29 is 9.59 Å². The van der Waals surface area contributed by atoms with Gasteiger partial charge in [0, 0.05) is 23.5 Å². The molecule has 1 aromatic heterocycles. The standard InChI is InChI=1S/C19H12Cl2N2O2.C7H15N/c1-10-5-11(8-22)6-15-13(10)7-16(23(15)2)19(25)17-14(20)4-3-12(9-24)18(17)21;1-7-3-5-8(2)6-4-7/h3-7,9H,1-2H3;7H,3-6H2,1-2H3. The summed E-state index contributed by atoms with van der Waals surface area (Å²) in [5.41, 5.74) is 2.85. The number of carbonyl (C=O) groups excluding carboxylic acids is 2. The van der Waals surface area contributed by atoms with E-state index in [0.717, 1.165) is 22.4 Å². The van der Waals surface area contributed by atoms with Crippen LogP contribution in [-0.2, 0) is 7.05 Å². The van der Waals surface area contributed by atoms with Crippen molar-refractivity contribution in [2.24, 2.45) is 13.0 Å². The first-order chi connectivity index (χ1) is 15.7. The SMILES string of the molecule is CC1CCN(C)CC1.Cc1cc(C#N)cc2c1cc(C(=O)c1c(Cl)ccc(C=O)c1Cl)n2C. The average Bonchev–Trinajstić information content (AvgIpc) is 3.13. The van der Waals surface area contributed by atoms with Crippen molar-refractivity contribution in [2.45, 2.75) is 26.7 Å². The fourth-order valence-corrected chi connectivity index (χ4v) is 4.61. The Morgan fingerprint density at radius 3 is 2.39 bits per heavy atom. The van der Waals surface area contributed by atoms with Crippen molar-refractivity contribution in [3.63, 3.8) is 0 Å². The quantitative estimate of drug-likeness (QED) is 0.335. The fourth-order valence-electron chi connectivity index (χ4n) is 4.02. The first kappa shape index (κ1) is 25.0. The summed E-state index contributed by atoms with van der Waals surface area (Å²) in [5.74, 6) is 0.599. The second-order valence-corrected chi connectivity index (χ2v) is 9.47. The molecule has 0 spiro atoms. The smallest absolute Gasteiger partial charge is 0.212 e. The molecule has 2 heterocycles. The molecule has 0 bridgehead atoms. The van der Waals surface area contributed by atoms with Gasteiger partial charge in [0.05, 0.1) is 32.9 Å². The number of fused-ring (bicyclic) bond motifs is 1. The van der Waals surface area contributed by atoms with Gasteiger partial charge in [-0.2, -0.15) is 5.26 Å². The summed E-state index contributed by atoms with van der Waals surface area (Å²) in [4.78, 5) is 26.5. The molecule has 33 heavy (non-hydrogen) atoms. The molecular formula is C26H27Cl2N3O2. The van der Waals surface area contributed by atoms with Crippen LogP contribution in [0.3, 0.4) is 0 Å². The van der Waals surface area contributed by atoms with Gasteiger partial charge >= 0.3 is 0 Å². The minimum atomic E-state index is -0.379. The van der Waals surface area contributed by atoms with Crippen LogP contribution in [0.15, 0.2) is 30.3 Å². The van der Waals surface area contributed by atoms with Crippen LogP contribution in [0.2, 0.25) is 10.0 Å². The topological polar surface area (TPSA) is 66.1 Å². The van der Waals surface area contributed by atoms with Gasteiger partial charge in [-0.3, -0.25) is 9.59 Å². The molecule has 0 unspecified atom stereocenters. The lowest BCUT2D eigenvalue weighted by Gasteiger charge is -2.26. The van der Waals surface area contributed by atoms with Gasteiger partial charge in [0.15, 0.2) is 6.29 Å². The summed E-state index contributed by atoms with van der Waals surface area (Å²) in [5, 5.41) is 10.2. The van der Waals surface area contributed by atoms with Gasteiger partial charge in [-0.15, -0.1) is 0 Å². The molecule has 0 aliphatic carbocycles. The molecule has 0 saturated carbocycles. The van der Waals surface area contributed by atoms with Crippen LogP contribution in [0, 0.1) is 24.2 Å². The highest BCUT2D eigenvalue weighted by Crippen LogP contribution is 2.32. The number of aryl methyl sites for hydroxylation is 2. The number of halogens is 2. The van der Waals surface area contributed by atoms with Crippen LogP contribution in [0.4, 0.5) is 0 Å². The monoisotopic (exact) mass is 483 g/mol. The van der Waals surface area contributed by atoms with Crippen LogP contribution in [0.25, 0.3) is 10.9 Å². The summed E-state index contributed by atoms with van der Waals surface area (Å²) < 4.78 is 1.70. The number of hydrogen-bond donors (Lipinski definition) is 0. The van der Waals surface area contributed by atoms with Crippen LogP contribution < -0.4 is 0 Å². The average molecular weight is 484 g/mol. The van der Waals surface area contributed by atoms with E-state index >= 15 is 0 Å². The van der Waals surface area contributed by atoms with Crippen LogP contribution >= 0.6 is 23.2 Å². The molecule has 4 rings (SSSR count). The molecule has 0 amide bonds. The summed E-state index contributed by atoms with van der Waals surface area (Å²) in [6, 6.07) is 10.3. The molecule has 0 atom stereocenters. The molecule has 1 fully saturated rings. The minimum Gasteiger partial charge on any atom is -0.341 e. The summed E-state index contributed by atoms with van der Waals surface area (Å²) >= 11 is 12.4. The first-order valence-electron chi connectivity index (χ1n) is 10.8. The highest BCUT2D eigenvalue weighted by atomic mass is 35.5. The second-order valence-electron chi connectivity index (χ2n) is 8.68. The molecule has 1 aliphatic heterocycles. The van der Waals surface area contributed by atoms with Gasteiger partial charge in [-0.05, 0) is 81.7 Å². The molecule has 0 radical (unpaired) electrons. The Morgan fingerprint density at radius 1 is 1.15 bits per heavy atom. The number of rotatable bonds is 3. The Kier molecular flexibility index (Phi) is 7.97. The number of aldehydes is 1. The maximum absolute atomic E-state index is 13.0. The van der Waals surface area contributed by atoms with Gasteiger partial charge in [0.2, 0.25) is 5.78 Å². The Balaban J connectivity index is 0.000000323. The molecule has 1 saturated heterocycles. The number of nitriles is 1. The molecular weight excluding hydrogens is 457 g/mol. The van der Waals surface area contributed by atoms with Crippen molar-refractivity contribution in [1.82, 2.24) is 9.47 Å². The molecule has 172 valence electrons. The third-order valence-electron chi connectivity index (χ3n) is 6.21. The third kappa shape index (κ3) is 5.30. The van der Waals surface area contributed by atoms with Crippen molar-refractivity contribution in [3.8, 4) is 6.07 Å². The zero-order chi connectivity index (χ0) is 24.3. The Morgan fingerprint density at radius 2 is 1.82 bits per heavy atom. The summed E-state index contributed by atoms with van der Waals surface area (Å²) in [6.07, 6.45) is 3.38. The largest absolute Gasteiger partial charge is 0.341 e. The van der Waals surface area contributed by atoms with Gasteiger partial charge in [-0.1, -0.05) is 30.1 Å². The van der Waals surface area contributed by atoms with E-state index in [1.807, 2.05) is 6.92 Å². The van der Waals surface area contributed by atoms with E-state index in [4.69, 9.17) is 28.5 Å². The van der Waals surface area contributed by atoms with Crippen molar-refractivity contribution in [3.05, 3.63) is 68.3 Å². The highest BCUT2D eigenvalue weighted by Gasteiger charge is 2.23. The molecule has 3 aromatic rings. The van der Waals surface area contributed by atoms with Crippen LogP contribution in [0.5, 0.6) is 0 Å².